The molecule has 6 heteroatoms. The van der Waals surface area contributed by atoms with Crippen molar-refractivity contribution < 1.29 is 13.9 Å². The molecular weight excluding hydrogens is 404 g/mol. The second-order valence-electron chi connectivity index (χ2n) is 8.37. The molecule has 0 aliphatic heterocycles. The van der Waals surface area contributed by atoms with Crippen molar-refractivity contribution in [3.8, 4) is 5.75 Å². The molecular formula is C26H26N2O4. The highest BCUT2D eigenvalue weighted by Crippen LogP contribution is 2.29. The van der Waals surface area contributed by atoms with Crippen LogP contribution in [0.2, 0.25) is 0 Å². The summed E-state index contributed by atoms with van der Waals surface area (Å²) in [4.78, 5) is 28.1. The molecule has 164 valence electrons. The van der Waals surface area contributed by atoms with Gasteiger partial charge in [0.1, 0.15) is 11.3 Å². The number of hydrogen-bond acceptors (Lipinski definition) is 4. The molecule has 1 unspecified atom stereocenters. The maximum absolute atomic E-state index is 12.5. The van der Waals surface area contributed by atoms with Gasteiger partial charge in [-0.25, -0.2) is 4.79 Å². The fourth-order valence-electron chi connectivity index (χ4n) is 4.56. The number of hydrogen-bond donors (Lipinski definition) is 2. The summed E-state index contributed by atoms with van der Waals surface area (Å²) in [6, 6.07) is 13.6. The first-order valence-electron chi connectivity index (χ1n) is 11.2. The summed E-state index contributed by atoms with van der Waals surface area (Å²) in [6.07, 6.45) is 5.83. The zero-order valence-electron chi connectivity index (χ0n) is 18.1. The van der Waals surface area contributed by atoms with E-state index in [2.05, 4.69) is 16.4 Å². The fourth-order valence-corrected chi connectivity index (χ4v) is 4.56. The number of rotatable bonds is 6. The molecule has 2 aromatic carbocycles. The SMILES string of the molecule is CC(Oc1ccc2c3c(c(=O)oc2c1)CCCC3)C(=O)NCCc1c[nH]c2ccccc12. The lowest BCUT2D eigenvalue weighted by Crippen LogP contribution is -2.37. The summed E-state index contributed by atoms with van der Waals surface area (Å²) in [5.41, 5.74) is 4.42. The number of aromatic nitrogens is 1. The number of benzene rings is 2. The molecule has 1 aliphatic rings. The van der Waals surface area contributed by atoms with Gasteiger partial charge in [-0.1, -0.05) is 18.2 Å². The minimum Gasteiger partial charge on any atom is -0.481 e. The van der Waals surface area contributed by atoms with Crippen LogP contribution >= 0.6 is 0 Å². The van der Waals surface area contributed by atoms with Crippen molar-refractivity contribution in [2.45, 2.75) is 45.1 Å². The van der Waals surface area contributed by atoms with Crippen molar-refractivity contribution >= 4 is 27.8 Å². The van der Waals surface area contributed by atoms with Crippen molar-refractivity contribution in [2.24, 2.45) is 0 Å². The van der Waals surface area contributed by atoms with E-state index >= 15 is 0 Å². The first-order chi connectivity index (χ1) is 15.6. The molecule has 32 heavy (non-hydrogen) atoms. The number of amides is 1. The van der Waals surface area contributed by atoms with Crippen LogP contribution in [0.15, 0.2) is 57.9 Å². The molecule has 0 spiro atoms. The Bertz CT molecular complexity index is 1350. The molecule has 0 saturated heterocycles. The van der Waals surface area contributed by atoms with E-state index in [0.717, 1.165) is 54.1 Å². The fraction of sp³-hybridized carbons (Fsp3) is 0.308. The van der Waals surface area contributed by atoms with Gasteiger partial charge in [-0.2, -0.15) is 0 Å². The Labute approximate surface area is 185 Å². The number of carbonyl (C=O) groups is 1. The van der Waals surface area contributed by atoms with Gasteiger partial charge in [0.15, 0.2) is 6.10 Å². The minimum atomic E-state index is -0.667. The van der Waals surface area contributed by atoms with Crippen LogP contribution in [0.25, 0.3) is 21.9 Å². The van der Waals surface area contributed by atoms with Gasteiger partial charge in [-0.05, 0) is 68.4 Å². The number of nitrogens with one attached hydrogen (secondary N) is 2. The Morgan fingerprint density at radius 2 is 1.94 bits per heavy atom. The maximum atomic E-state index is 12.5. The highest BCUT2D eigenvalue weighted by atomic mass is 16.5. The molecule has 1 aliphatic carbocycles. The molecule has 0 saturated carbocycles. The Morgan fingerprint density at radius 3 is 2.81 bits per heavy atom. The molecule has 0 fully saturated rings. The summed E-state index contributed by atoms with van der Waals surface area (Å²) in [7, 11) is 0. The predicted octanol–water partition coefficient (Wildman–Crippen LogP) is 4.28. The van der Waals surface area contributed by atoms with E-state index in [1.807, 2.05) is 36.5 Å². The number of H-pyrrole nitrogens is 1. The van der Waals surface area contributed by atoms with Crippen LogP contribution in [0.3, 0.4) is 0 Å². The smallest absolute Gasteiger partial charge is 0.339 e. The van der Waals surface area contributed by atoms with Gasteiger partial charge in [-0.15, -0.1) is 0 Å². The first kappa shape index (κ1) is 20.4. The molecule has 2 N–H and O–H groups in total. The van der Waals surface area contributed by atoms with Crippen molar-refractivity contribution in [3.63, 3.8) is 0 Å². The number of carbonyl (C=O) groups excluding carboxylic acids is 1. The Morgan fingerprint density at radius 1 is 1.12 bits per heavy atom. The Hall–Kier alpha value is -3.54. The topological polar surface area (TPSA) is 84.3 Å². The van der Waals surface area contributed by atoms with Crippen LogP contribution in [0.4, 0.5) is 0 Å². The van der Waals surface area contributed by atoms with E-state index in [-0.39, 0.29) is 11.5 Å². The average Bonchev–Trinajstić information content (AvgIpc) is 3.22. The minimum absolute atomic E-state index is 0.183. The van der Waals surface area contributed by atoms with E-state index < -0.39 is 6.10 Å². The summed E-state index contributed by atoms with van der Waals surface area (Å²) < 4.78 is 11.4. The monoisotopic (exact) mass is 430 g/mol. The second-order valence-corrected chi connectivity index (χ2v) is 8.37. The Kier molecular flexibility index (Phi) is 5.43. The third-order valence-corrected chi connectivity index (χ3v) is 6.25. The van der Waals surface area contributed by atoms with Gasteiger partial charge in [-0.3, -0.25) is 4.79 Å². The van der Waals surface area contributed by atoms with Crippen molar-refractivity contribution in [1.29, 1.82) is 0 Å². The standard InChI is InChI=1S/C26H26N2O4/c1-16(25(29)27-13-12-17-15-28-23-9-5-4-6-19(17)23)31-18-10-11-21-20-7-2-3-8-22(20)26(30)32-24(21)14-18/h4-6,9-11,14-16,28H,2-3,7-8,12-13H2,1H3,(H,27,29). The number of ether oxygens (including phenoxy) is 1. The number of aryl methyl sites for hydroxylation is 1. The van der Waals surface area contributed by atoms with Gasteiger partial charge >= 0.3 is 5.63 Å². The highest BCUT2D eigenvalue weighted by Gasteiger charge is 2.19. The summed E-state index contributed by atoms with van der Waals surface area (Å²) >= 11 is 0. The van der Waals surface area contributed by atoms with E-state index in [1.54, 1.807) is 13.0 Å². The Balaban J connectivity index is 1.23. The van der Waals surface area contributed by atoms with Crippen molar-refractivity contribution in [3.05, 3.63) is 75.8 Å². The molecule has 4 aromatic rings. The molecule has 1 atom stereocenters. The third kappa shape index (κ3) is 3.88. The average molecular weight is 431 g/mol. The molecule has 2 aromatic heterocycles. The van der Waals surface area contributed by atoms with E-state index in [4.69, 9.17) is 9.15 Å². The molecule has 0 radical (unpaired) electrons. The van der Waals surface area contributed by atoms with Crippen LogP contribution in [0, 0.1) is 0 Å². The summed E-state index contributed by atoms with van der Waals surface area (Å²) in [6.45, 7) is 2.24. The van der Waals surface area contributed by atoms with Crippen LogP contribution in [0.1, 0.15) is 36.5 Å². The maximum Gasteiger partial charge on any atom is 0.339 e. The zero-order valence-corrected chi connectivity index (χ0v) is 18.1. The van der Waals surface area contributed by atoms with Crippen LogP contribution < -0.4 is 15.7 Å². The molecule has 1 amide bonds. The number of fused-ring (bicyclic) bond motifs is 4. The lowest BCUT2D eigenvalue weighted by Gasteiger charge is -2.17. The van der Waals surface area contributed by atoms with Crippen molar-refractivity contribution in [1.82, 2.24) is 10.3 Å². The summed E-state index contributed by atoms with van der Waals surface area (Å²) in [5.74, 6) is 0.326. The quantitative estimate of drug-likeness (QED) is 0.447. The van der Waals surface area contributed by atoms with E-state index in [1.165, 1.54) is 10.9 Å². The van der Waals surface area contributed by atoms with E-state index in [0.29, 0.717) is 17.9 Å². The van der Waals surface area contributed by atoms with Crippen LogP contribution in [-0.2, 0) is 24.1 Å². The largest absolute Gasteiger partial charge is 0.481 e. The lowest BCUT2D eigenvalue weighted by molar-refractivity contribution is -0.127. The number of para-hydroxylation sites is 1. The normalized spacial score (nSPS) is 14.3. The van der Waals surface area contributed by atoms with Crippen LogP contribution in [-0.4, -0.2) is 23.5 Å². The van der Waals surface area contributed by atoms with Gasteiger partial charge in [0.25, 0.3) is 5.91 Å². The predicted molar refractivity (Wildman–Crippen MR) is 124 cm³/mol. The highest BCUT2D eigenvalue weighted by molar-refractivity contribution is 5.84. The molecule has 0 bridgehead atoms. The molecule has 6 nitrogen and oxygen atoms in total. The first-order valence-corrected chi connectivity index (χ1v) is 11.2. The summed E-state index contributed by atoms with van der Waals surface area (Å²) in [5, 5.41) is 5.07. The van der Waals surface area contributed by atoms with Crippen LogP contribution in [0.5, 0.6) is 5.75 Å². The van der Waals surface area contributed by atoms with Gasteiger partial charge in [0.05, 0.1) is 0 Å². The van der Waals surface area contributed by atoms with E-state index in [9.17, 15) is 9.59 Å². The van der Waals surface area contributed by atoms with Crippen molar-refractivity contribution in [2.75, 3.05) is 6.54 Å². The third-order valence-electron chi connectivity index (χ3n) is 6.25. The van der Waals surface area contributed by atoms with Gasteiger partial charge in [0, 0.05) is 40.7 Å². The lowest BCUT2D eigenvalue weighted by atomic mass is 9.91. The van der Waals surface area contributed by atoms with Gasteiger partial charge < -0.3 is 19.5 Å². The zero-order chi connectivity index (χ0) is 22.1. The van der Waals surface area contributed by atoms with Gasteiger partial charge in [0.2, 0.25) is 0 Å². The second kappa shape index (κ2) is 8.54. The molecule has 5 rings (SSSR count). The molecule has 2 heterocycles. The number of aromatic amines is 1.